The van der Waals surface area contributed by atoms with Crippen molar-refractivity contribution in [3.05, 3.63) is 0 Å². The van der Waals surface area contributed by atoms with E-state index in [0.29, 0.717) is 0 Å². The maximum Gasteiger partial charge on any atom is 0.397 e. The fourth-order valence-electron chi connectivity index (χ4n) is 8.19. The van der Waals surface area contributed by atoms with Gasteiger partial charge in [-0.1, -0.05) is 0 Å². The molecule has 0 aliphatic carbocycles. The average Bonchev–Trinajstić information content (AvgIpc) is 0.757. The van der Waals surface area contributed by atoms with Gasteiger partial charge in [-0.25, -0.2) is 54.4 Å². The van der Waals surface area contributed by atoms with Gasteiger partial charge in [0.1, 0.15) is 73.2 Å². The first-order valence-corrected chi connectivity index (χ1v) is 40.4. The molecule has 0 saturated carbocycles. The molecule has 97 heavy (non-hydrogen) atoms. The summed E-state index contributed by atoms with van der Waals surface area (Å²) in [5, 5.41) is 10.9. The van der Waals surface area contributed by atoms with Gasteiger partial charge >= 0.3 is 135 Å². The third-order valence-corrected chi connectivity index (χ3v) is 16.8. The summed E-state index contributed by atoms with van der Waals surface area (Å²) in [6.45, 7) is -9.05. The maximum atomic E-state index is 12.9. The van der Waals surface area contributed by atoms with Crippen LogP contribution in [0, 0.1) is 0 Å². The van der Waals surface area contributed by atoms with E-state index in [1.807, 2.05) is 0 Å². The molecular formula is C24H42O60S13. The zero-order valence-corrected chi connectivity index (χ0v) is 55.3. The van der Waals surface area contributed by atoms with Crippen molar-refractivity contribution in [3.63, 3.8) is 0 Å². The fourth-order valence-corrected chi connectivity index (χ4v) is 13.9. The minimum Gasteiger partial charge on any atom is -0.366 e. The van der Waals surface area contributed by atoms with Gasteiger partial charge in [0, 0.05) is 0 Å². The van der Waals surface area contributed by atoms with Crippen LogP contribution in [0.4, 0.5) is 0 Å². The molecule has 0 aromatic carbocycles. The van der Waals surface area contributed by atoms with Crippen molar-refractivity contribution >= 4 is 135 Å². The van der Waals surface area contributed by atoms with E-state index in [-0.39, 0.29) is 0 Å². The number of rotatable bonds is 36. The van der Waals surface area contributed by atoms with E-state index in [1.54, 1.807) is 0 Å². The van der Waals surface area contributed by atoms with Gasteiger partial charge in [-0.3, -0.25) is 59.2 Å². The Kier molecular flexibility index (Phi) is 28.6. The van der Waals surface area contributed by atoms with Crippen molar-refractivity contribution < 1.29 is 261 Å². The van der Waals surface area contributed by atoms with E-state index in [9.17, 15) is 174 Å². The molecule has 4 aliphatic heterocycles. The van der Waals surface area contributed by atoms with Gasteiger partial charge in [0.2, 0.25) is 0 Å². The molecule has 0 aromatic heterocycles. The van der Waals surface area contributed by atoms with Crippen molar-refractivity contribution in [1.29, 1.82) is 0 Å². The van der Waals surface area contributed by atoms with Gasteiger partial charge < -0.3 is 38.3 Å². The van der Waals surface area contributed by atoms with Crippen LogP contribution in [0.3, 0.4) is 0 Å². The zero-order valence-electron chi connectivity index (χ0n) is 44.7. The Hall–Kier alpha value is -2.01. The second-order valence-corrected chi connectivity index (χ2v) is 31.5. The number of ether oxygens (including phenoxy) is 7. The largest absolute Gasteiger partial charge is 0.397 e. The molecule has 73 heteroatoms. The lowest BCUT2D eigenvalue weighted by Crippen LogP contribution is -2.70. The molecule has 4 fully saturated rings. The lowest BCUT2D eigenvalue weighted by atomic mass is 9.95. The quantitative estimate of drug-likeness (QED) is 0.0259. The minimum atomic E-state index is -6.86. The van der Waals surface area contributed by atoms with Crippen LogP contribution >= 0.6 is 0 Å². The lowest BCUT2D eigenvalue weighted by Gasteiger charge is -2.50. The van der Waals surface area contributed by atoms with Gasteiger partial charge in [0.15, 0.2) is 49.6 Å². The Morgan fingerprint density at radius 1 is 0.206 bits per heavy atom. The van der Waals surface area contributed by atoms with E-state index in [2.05, 4.69) is 54.4 Å². The highest BCUT2D eigenvalue weighted by atomic mass is 32.3. The highest BCUT2D eigenvalue weighted by Gasteiger charge is 2.63. The monoisotopic (exact) mass is 1710 g/mol. The third-order valence-electron chi connectivity index (χ3n) is 10.9. The fraction of sp³-hybridized carbons (Fsp3) is 1.00. The molecule has 0 bridgehead atoms. The topological polar surface area (TPSA) is 912 Å². The maximum absolute atomic E-state index is 12.9. The Balaban J connectivity index is 2.28. The number of hydrogen-bond donors (Lipinski definition) is 14. The molecule has 4 aliphatic rings. The predicted molar refractivity (Wildman–Crippen MR) is 269 cm³/mol. The summed E-state index contributed by atoms with van der Waals surface area (Å²) in [4.78, 5) is 0. The van der Waals surface area contributed by atoms with Crippen LogP contribution in [0.1, 0.15) is 0 Å². The normalized spacial score (nSPS) is 33.1. The number of aliphatic hydroxyl groups excluding tert-OH is 1. The van der Waals surface area contributed by atoms with Gasteiger partial charge in [-0.15, -0.1) is 0 Å². The summed E-state index contributed by atoms with van der Waals surface area (Å²) in [6.07, 6.45) is -73.2. The van der Waals surface area contributed by atoms with Crippen molar-refractivity contribution in [2.75, 3.05) is 26.4 Å². The van der Waals surface area contributed by atoms with Gasteiger partial charge in [-0.2, -0.15) is 109 Å². The van der Waals surface area contributed by atoms with E-state index < -0.39 is 284 Å². The van der Waals surface area contributed by atoms with Crippen LogP contribution in [-0.2, 0) is 223 Å². The molecule has 14 N–H and O–H groups in total. The first kappa shape index (κ1) is 87.4. The number of aliphatic hydroxyl groups is 1. The second-order valence-electron chi connectivity index (χ2n) is 17.7. The standard InChI is InChI=1S/C24H42O60S13/c25-21-17(81-94(53,54)55)13(9(76-89(38,39)40)5(69-21)1-65-85(26,27)28)73-22-18(82-95(56,57)58)14(10(77-90(41,42)43)6(70-22)2-66-86(29,30)31)74-23-19(83-96(59,60)61)15(11(78-91(44,45)46)7(71-23)3-67-87(32,33)34)75-24-20(84-97(62,63)64)16(80-93(50,51)52)12(79-92(47,48)49)8(72-24)4-68-88(35,36)37/h5-25H,1-4H2,(H,26,27,28)(H,29,30,31)(H,32,33,34)(H,35,36,37)(H,38,39,40)(H,41,42,43)(H,44,45,46)(H,47,48,49)(H,50,51,52)(H,53,54,55)(H,56,57,58)(H,59,60,61)(H,62,63,64)/t5-,6-,7-,8-,9-,10-,11-,12-,13+,14+,15+,16+,17-,18-,19-,20-,21?,22+,23+,24+/m1/s1. The number of hydrogen-bond acceptors (Lipinski definition) is 47. The molecule has 0 amide bonds. The SMILES string of the molecule is O=S(=O)(O)OC[C@H]1O[C@@H](O[C@@H]2[C@@H](OS(=O)(=O)O)[C@H](O[C@H]3[C@H](OS(=O)(=O)O)[C@@H](COS(=O)(=O)O)OC(O)[C@@H]3OS(=O)(=O)O)O[C@H](COS(=O)(=O)O)[C@H]2OS(=O)(=O)O)[C@H](OS(=O)(=O)O)[C@@H](O[C@@H]2O[C@H](COS(=O)(=O)O)[C@@H](OS(=O)(=O)O)[C@H](OS(=O)(=O)O)[C@H]2OS(=O)(=O)O)[C@@H]1OS(=O)(=O)O. The van der Waals surface area contributed by atoms with E-state index in [4.69, 9.17) is 33.2 Å². The van der Waals surface area contributed by atoms with Crippen molar-refractivity contribution in [2.45, 2.75) is 123 Å². The summed E-state index contributed by atoms with van der Waals surface area (Å²) in [7, 11) is -83.6. The average molecular weight is 1710 g/mol. The lowest BCUT2D eigenvalue weighted by molar-refractivity contribution is -0.379. The summed E-state index contributed by atoms with van der Waals surface area (Å²) in [6, 6.07) is 0. The second kappa shape index (κ2) is 31.8. The van der Waals surface area contributed by atoms with Crippen LogP contribution in [0.25, 0.3) is 0 Å². The molecule has 4 rings (SSSR count). The highest BCUT2D eigenvalue weighted by molar-refractivity contribution is 7.83. The molecule has 1 unspecified atom stereocenters. The summed E-state index contributed by atoms with van der Waals surface area (Å²) < 4.78 is 536. The van der Waals surface area contributed by atoms with Crippen LogP contribution in [0.2, 0.25) is 0 Å². The molecule has 4 heterocycles. The van der Waals surface area contributed by atoms with Crippen molar-refractivity contribution in [2.24, 2.45) is 0 Å². The van der Waals surface area contributed by atoms with E-state index in [0.717, 1.165) is 0 Å². The molecule has 60 nitrogen and oxygen atoms in total. The Morgan fingerprint density at radius 3 is 0.588 bits per heavy atom. The smallest absolute Gasteiger partial charge is 0.366 e. The Labute approximate surface area is 542 Å². The first-order valence-electron chi connectivity index (χ1n) is 22.7. The van der Waals surface area contributed by atoms with E-state index in [1.165, 1.54) is 0 Å². The first-order chi connectivity index (χ1) is 43.0. The van der Waals surface area contributed by atoms with Crippen LogP contribution in [0.5, 0.6) is 0 Å². The summed E-state index contributed by atoms with van der Waals surface area (Å²) in [5.41, 5.74) is 0. The van der Waals surface area contributed by atoms with Crippen LogP contribution in [-0.4, -0.2) is 323 Å². The van der Waals surface area contributed by atoms with Gasteiger partial charge in [0.25, 0.3) is 0 Å². The summed E-state index contributed by atoms with van der Waals surface area (Å²) >= 11 is 0. The highest BCUT2D eigenvalue weighted by Crippen LogP contribution is 2.42. The van der Waals surface area contributed by atoms with Gasteiger partial charge in [0.05, 0.1) is 26.4 Å². The zero-order chi connectivity index (χ0) is 75.0. The molecule has 0 radical (unpaired) electrons. The van der Waals surface area contributed by atoms with Crippen LogP contribution in [0.15, 0.2) is 0 Å². The van der Waals surface area contributed by atoms with Crippen LogP contribution < -0.4 is 0 Å². The molecule has 20 atom stereocenters. The van der Waals surface area contributed by atoms with Gasteiger partial charge in [-0.05, 0) is 0 Å². The molecule has 4 saturated heterocycles. The molecular weight excluding hydrogens is 1670 g/mol. The van der Waals surface area contributed by atoms with Crippen molar-refractivity contribution in [3.8, 4) is 0 Å². The predicted octanol–water partition coefficient (Wildman–Crippen LogP) is -12.0. The minimum absolute atomic E-state index is 2.03. The molecule has 0 aromatic rings. The van der Waals surface area contributed by atoms with Crippen molar-refractivity contribution in [1.82, 2.24) is 0 Å². The third kappa shape index (κ3) is 31.5. The Bertz CT molecular complexity index is 4320. The Morgan fingerprint density at radius 2 is 0.371 bits per heavy atom. The van der Waals surface area contributed by atoms with E-state index >= 15 is 0 Å². The molecule has 0 spiro atoms. The molecule has 576 valence electrons. The summed E-state index contributed by atoms with van der Waals surface area (Å²) in [5.74, 6) is 0.